The van der Waals surface area contributed by atoms with Crippen molar-refractivity contribution in [3.05, 3.63) is 0 Å². The first-order valence-electron chi connectivity index (χ1n) is 6.73. The molecule has 15 heavy (non-hydrogen) atoms. The Morgan fingerprint density at radius 3 is 1.60 bits per heavy atom. The summed E-state index contributed by atoms with van der Waals surface area (Å²) in [5.41, 5.74) is 0.935. The highest BCUT2D eigenvalue weighted by Crippen LogP contribution is 2.49. The van der Waals surface area contributed by atoms with Gasteiger partial charge in [-0.3, -0.25) is 0 Å². The van der Waals surface area contributed by atoms with Gasteiger partial charge in [-0.25, -0.2) is 0 Å². The molecule has 0 fully saturated rings. The van der Waals surface area contributed by atoms with Gasteiger partial charge in [0.15, 0.2) is 0 Å². The maximum absolute atomic E-state index is 2.47. The van der Waals surface area contributed by atoms with Crippen molar-refractivity contribution in [2.45, 2.75) is 74.7 Å². The molecule has 2 atom stereocenters. The van der Waals surface area contributed by atoms with Crippen LogP contribution in [0.4, 0.5) is 0 Å². The van der Waals surface area contributed by atoms with Gasteiger partial charge in [0, 0.05) is 0 Å². The van der Waals surface area contributed by atoms with Crippen LogP contribution in [0.2, 0.25) is 0 Å². The minimum absolute atomic E-state index is 0.461. The lowest BCUT2D eigenvalue weighted by Crippen LogP contribution is -2.39. The van der Waals surface area contributed by atoms with Crippen molar-refractivity contribution in [3.63, 3.8) is 0 Å². The molecule has 0 rings (SSSR count). The highest BCUT2D eigenvalue weighted by atomic mass is 14.5. The van der Waals surface area contributed by atoms with E-state index in [4.69, 9.17) is 0 Å². The van der Waals surface area contributed by atoms with E-state index in [0.717, 1.165) is 11.8 Å². The molecule has 0 aliphatic heterocycles. The fraction of sp³-hybridized carbons (Fsp3) is 1.00. The summed E-state index contributed by atoms with van der Waals surface area (Å²) in [4.78, 5) is 0. The third-order valence-corrected chi connectivity index (χ3v) is 5.04. The molecule has 0 aromatic heterocycles. The molecule has 0 aromatic rings. The summed E-state index contributed by atoms with van der Waals surface area (Å²) in [6.45, 7) is 19.2. The SMILES string of the molecule is CCC(C)C(C)(C)C(CC)C(C)(C)CC. The van der Waals surface area contributed by atoms with Crippen LogP contribution < -0.4 is 0 Å². The summed E-state index contributed by atoms with van der Waals surface area (Å²) in [7, 11) is 0. The monoisotopic (exact) mass is 212 g/mol. The molecule has 0 radical (unpaired) electrons. The fourth-order valence-electron chi connectivity index (χ4n) is 3.20. The van der Waals surface area contributed by atoms with Crippen LogP contribution in [0, 0.1) is 22.7 Å². The zero-order valence-electron chi connectivity index (χ0n) is 12.3. The zero-order valence-corrected chi connectivity index (χ0v) is 12.3. The first kappa shape index (κ1) is 15.0. The summed E-state index contributed by atoms with van der Waals surface area (Å²) in [6.07, 6.45) is 3.88. The van der Waals surface area contributed by atoms with Crippen LogP contribution in [0.3, 0.4) is 0 Å². The van der Waals surface area contributed by atoms with E-state index in [0.29, 0.717) is 10.8 Å². The van der Waals surface area contributed by atoms with Gasteiger partial charge < -0.3 is 0 Å². The van der Waals surface area contributed by atoms with Crippen molar-refractivity contribution in [3.8, 4) is 0 Å². The Bertz CT molecular complexity index is 176. The van der Waals surface area contributed by atoms with Gasteiger partial charge in [-0.05, 0) is 22.7 Å². The van der Waals surface area contributed by atoms with Crippen LogP contribution in [0.25, 0.3) is 0 Å². The molecule has 0 nitrogen and oxygen atoms in total. The average molecular weight is 212 g/mol. The predicted octanol–water partition coefficient (Wildman–Crippen LogP) is 5.52. The van der Waals surface area contributed by atoms with Crippen LogP contribution in [0.15, 0.2) is 0 Å². The van der Waals surface area contributed by atoms with Gasteiger partial charge in [-0.15, -0.1) is 0 Å². The van der Waals surface area contributed by atoms with Crippen molar-refractivity contribution in [2.24, 2.45) is 22.7 Å². The van der Waals surface area contributed by atoms with E-state index < -0.39 is 0 Å². The Labute approximate surface area is 97.8 Å². The maximum Gasteiger partial charge on any atom is -0.0295 e. The Hall–Kier alpha value is 0. The molecule has 0 heterocycles. The number of hydrogen-bond donors (Lipinski definition) is 0. The average Bonchev–Trinajstić information content (AvgIpc) is 2.16. The molecule has 0 spiro atoms. The van der Waals surface area contributed by atoms with E-state index in [1.54, 1.807) is 0 Å². The van der Waals surface area contributed by atoms with Crippen LogP contribution in [0.5, 0.6) is 0 Å². The zero-order chi connectivity index (χ0) is 12.3. The lowest BCUT2D eigenvalue weighted by molar-refractivity contribution is 0.0208. The molecule has 0 aliphatic carbocycles. The summed E-state index contributed by atoms with van der Waals surface area (Å²) < 4.78 is 0. The first-order chi connectivity index (χ1) is 6.73. The highest BCUT2D eigenvalue weighted by Gasteiger charge is 2.40. The summed E-state index contributed by atoms with van der Waals surface area (Å²) in [5, 5.41) is 0. The largest absolute Gasteiger partial charge is 0.0651 e. The second kappa shape index (κ2) is 5.37. The molecule has 0 aromatic carbocycles. The van der Waals surface area contributed by atoms with Gasteiger partial charge in [0.05, 0.1) is 0 Å². The molecule has 0 saturated heterocycles. The van der Waals surface area contributed by atoms with Gasteiger partial charge in [0.2, 0.25) is 0 Å². The fourth-order valence-corrected chi connectivity index (χ4v) is 3.20. The van der Waals surface area contributed by atoms with E-state index in [2.05, 4.69) is 55.4 Å². The Balaban J connectivity index is 4.95. The van der Waals surface area contributed by atoms with E-state index in [-0.39, 0.29) is 0 Å². The minimum Gasteiger partial charge on any atom is -0.0651 e. The van der Waals surface area contributed by atoms with Crippen molar-refractivity contribution in [1.29, 1.82) is 0 Å². The Kier molecular flexibility index (Phi) is 5.37. The maximum atomic E-state index is 2.47. The lowest BCUT2D eigenvalue weighted by atomic mass is 9.58. The van der Waals surface area contributed by atoms with Crippen LogP contribution in [-0.2, 0) is 0 Å². The minimum atomic E-state index is 0.461. The highest BCUT2D eigenvalue weighted by molar-refractivity contribution is 4.90. The normalized spacial score (nSPS) is 17.6. The number of hydrogen-bond acceptors (Lipinski definition) is 0. The Morgan fingerprint density at radius 2 is 1.33 bits per heavy atom. The van der Waals surface area contributed by atoms with Crippen molar-refractivity contribution in [2.75, 3.05) is 0 Å². The van der Waals surface area contributed by atoms with Gasteiger partial charge in [-0.2, -0.15) is 0 Å². The van der Waals surface area contributed by atoms with Crippen LogP contribution in [-0.4, -0.2) is 0 Å². The smallest absolute Gasteiger partial charge is 0.0295 e. The van der Waals surface area contributed by atoms with E-state index in [1.807, 2.05) is 0 Å². The van der Waals surface area contributed by atoms with Gasteiger partial charge >= 0.3 is 0 Å². The molecule has 0 aliphatic rings. The van der Waals surface area contributed by atoms with Gasteiger partial charge in [0.25, 0.3) is 0 Å². The summed E-state index contributed by atoms with van der Waals surface area (Å²) >= 11 is 0. The van der Waals surface area contributed by atoms with Crippen LogP contribution in [0.1, 0.15) is 74.7 Å². The standard InChI is InChI=1S/C15H32/c1-9-12(4)15(7,8)13(10-2)14(5,6)11-3/h12-13H,9-11H2,1-8H3. The second-order valence-electron chi connectivity index (χ2n) is 6.43. The summed E-state index contributed by atoms with van der Waals surface area (Å²) in [6, 6.07) is 0. The number of rotatable bonds is 6. The molecule has 2 unspecified atom stereocenters. The van der Waals surface area contributed by atoms with Crippen LogP contribution >= 0.6 is 0 Å². The molecule has 0 saturated carbocycles. The third-order valence-electron chi connectivity index (χ3n) is 5.04. The Morgan fingerprint density at radius 1 is 0.867 bits per heavy atom. The van der Waals surface area contributed by atoms with Crippen molar-refractivity contribution < 1.29 is 0 Å². The molecule has 0 N–H and O–H groups in total. The molecule has 0 heteroatoms. The van der Waals surface area contributed by atoms with Crippen molar-refractivity contribution >= 4 is 0 Å². The van der Waals surface area contributed by atoms with E-state index in [1.165, 1.54) is 19.3 Å². The van der Waals surface area contributed by atoms with E-state index in [9.17, 15) is 0 Å². The molecular weight excluding hydrogens is 180 g/mol. The first-order valence-corrected chi connectivity index (χ1v) is 6.73. The molecule has 0 bridgehead atoms. The quantitative estimate of drug-likeness (QED) is 0.543. The molecule has 0 amide bonds. The third kappa shape index (κ3) is 3.23. The summed E-state index contributed by atoms with van der Waals surface area (Å²) in [5.74, 6) is 1.64. The lowest BCUT2D eigenvalue weighted by Gasteiger charge is -2.47. The second-order valence-corrected chi connectivity index (χ2v) is 6.43. The van der Waals surface area contributed by atoms with Gasteiger partial charge in [0.1, 0.15) is 0 Å². The topological polar surface area (TPSA) is 0 Å². The predicted molar refractivity (Wildman–Crippen MR) is 71.1 cm³/mol. The molecule has 92 valence electrons. The molecular formula is C15H32. The van der Waals surface area contributed by atoms with E-state index >= 15 is 0 Å². The van der Waals surface area contributed by atoms with Crippen molar-refractivity contribution in [1.82, 2.24) is 0 Å². The van der Waals surface area contributed by atoms with Gasteiger partial charge in [-0.1, -0.05) is 74.7 Å².